The van der Waals surface area contributed by atoms with E-state index in [1.54, 1.807) is 49.1 Å². The minimum Gasteiger partial charge on any atom is -0.368 e. The summed E-state index contributed by atoms with van der Waals surface area (Å²) in [6.07, 6.45) is 1.93. The number of nitrogens with two attached hydrogens (primary N) is 1. The summed E-state index contributed by atoms with van der Waals surface area (Å²) in [6, 6.07) is 13.2. The van der Waals surface area contributed by atoms with Gasteiger partial charge in [-0.3, -0.25) is 9.59 Å². The molecule has 204 valence electrons. The van der Waals surface area contributed by atoms with Crippen LogP contribution in [0.1, 0.15) is 56.9 Å². The first-order valence-corrected chi connectivity index (χ1v) is 14.2. The monoisotopic (exact) mass is 540 g/mol. The number of amides is 2. The van der Waals surface area contributed by atoms with Crippen LogP contribution in [0, 0.1) is 19.8 Å². The lowest BCUT2D eigenvalue weighted by Crippen LogP contribution is -2.50. The highest BCUT2D eigenvalue weighted by atomic mass is 32.2. The molecule has 3 aromatic rings. The minimum absolute atomic E-state index is 0.0784. The lowest BCUT2D eigenvalue weighted by Gasteiger charge is -2.32. The van der Waals surface area contributed by atoms with Crippen LogP contribution in [-0.2, 0) is 26.2 Å². The van der Waals surface area contributed by atoms with Crippen LogP contribution in [0.2, 0.25) is 0 Å². The summed E-state index contributed by atoms with van der Waals surface area (Å²) < 4.78 is 34.1. The number of aryl methyl sites for hydroxylation is 1. The summed E-state index contributed by atoms with van der Waals surface area (Å²) in [6.45, 7) is 9.42. The maximum Gasteiger partial charge on any atom is 0.264 e. The summed E-state index contributed by atoms with van der Waals surface area (Å²) in [7, 11) is -3.97. The van der Waals surface area contributed by atoms with Crippen LogP contribution < -0.4 is 10.5 Å². The molecule has 0 fully saturated rings. The van der Waals surface area contributed by atoms with Crippen molar-refractivity contribution in [2.75, 3.05) is 4.72 Å². The van der Waals surface area contributed by atoms with E-state index in [0.29, 0.717) is 28.8 Å². The Bertz CT molecular complexity index is 1380. The molecule has 1 heterocycles. The maximum absolute atomic E-state index is 13.2. The van der Waals surface area contributed by atoms with Crippen LogP contribution in [0.4, 0.5) is 5.88 Å². The second-order valence-corrected chi connectivity index (χ2v) is 11.4. The Balaban J connectivity index is 1.91. The molecule has 2 aromatic carbocycles. The average Bonchev–Trinajstić information content (AvgIpc) is 3.18. The van der Waals surface area contributed by atoms with Gasteiger partial charge in [0, 0.05) is 24.1 Å². The molecular weight excluding hydrogens is 504 g/mol. The van der Waals surface area contributed by atoms with Gasteiger partial charge in [0.2, 0.25) is 17.7 Å². The molecule has 0 spiro atoms. The summed E-state index contributed by atoms with van der Waals surface area (Å²) in [5.74, 6) is -0.715. The third-order valence-corrected chi connectivity index (χ3v) is 7.89. The van der Waals surface area contributed by atoms with E-state index in [2.05, 4.69) is 9.88 Å². The predicted molar refractivity (Wildman–Crippen MR) is 147 cm³/mol. The number of hydrogen-bond acceptors (Lipinski definition) is 6. The topological polar surface area (TPSA) is 136 Å². The van der Waals surface area contributed by atoms with Crippen molar-refractivity contribution in [3.05, 3.63) is 65.4 Å². The average molecular weight is 541 g/mol. The number of sulfonamides is 1. The molecular formula is C28H36N4O5S. The summed E-state index contributed by atoms with van der Waals surface area (Å²) in [4.78, 5) is 26.9. The molecule has 3 rings (SSSR count). The first kappa shape index (κ1) is 28.9. The van der Waals surface area contributed by atoms with Gasteiger partial charge >= 0.3 is 0 Å². The molecule has 0 saturated carbocycles. The summed E-state index contributed by atoms with van der Waals surface area (Å²) >= 11 is 0. The minimum atomic E-state index is -3.97. The largest absolute Gasteiger partial charge is 0.368 e. The van der Waals surface area contributed by atoms with E-state index in [9.17, 15) is 18.0 Å². The van der Waals surface area contributed by atoms with Gasteiger partial charge in [-0.2, -0.15) is 0 Å². The molecule has 1 unspecified atom stereocenters. The van der Waals surface area contributed by atoms with Crippen molar-refractivity contribution in [3.63, 3.8) is 0 Å². The molecule has 0 aliphatic heterocycles. The zero-order valence-electron chi connectivity index (χ0n) is 22.5. The number of carbonyl (C=O) groups is 2. The number of hydrogen-bond donors (Lipinski definition) is 2. The Morgan fingerprint density at radius 3 is 2.29 bits per heavy atom. The first-order valence-electron chi connectivity index (χ1n) is 12.7. The standard InChI is InChI=1S/C28H36N4O5S/c1-6-7-12-25(33)32(26(18(2)3)27(29)34)17-21-13-15-22(16-14-21)23-10-8-9-11-24(23)38(35,36)31-28-19(4)20(5)30-37-28/h8-11,13-16,18,26,31H,6-7,12,17H2,1-5H3,(H2,29,34). The Kier molecular flexibility index (Phi) is 9.32. The van der Waals surface area contributed by atoms with Crippen molar-refractivity contribution >= 4 is 27.7 Å². The van der Waals surface area contributed by atoms with Crippen molar-refractivity contribution in [2.24, 2.45) is 11.7 Å². The van der Waals surface area contributed by atoms with Gasteiger partial charge in [-0.25, -0.2) is 13.1 Å². The fraction of sp³-hybridized carbons (Fsp3) is 0.393. The van der Waals surface area contributed by atoms with E-state index in [0.717, 1.165) is 18.4 Å². The Morgan fingerprint density at radius 2 is 1.74 bits per heavy atom. The van der Waals surface area contributed by atoms with E-state index in [1.165, 1.54) is 6.07 Å². The van der Waals surface area contributed by atoms with Gasteiger partial charge in [-0.05, 0) is 43.4 Å². The molecule has 3 N–H and O–H groups in total. The van der Waals surface area contributed by atoms with Crippen molar-refractivity contribution < 1.29 is 22.5 Å². The molecule has 1 atom stereocenters. The van der Waals surface area contributed by atoms with Gasteiger partial charge in [0.1, 0.15) is 6.04 Å². The Morgan fingerprint density at radius 1 is 1.08 bits per heavy atom. The Labute approximate surface area is 224 Å². The lowest BCUT2D eigenvalue weighted by atomic mass is 9.99. The molecule has 9 nitrogen and oxygen atoms in total. The highest BCUT2D eigenvalue weighted by molar-refractivity contribution is 7.92. The van der Waals surface area contributed by atoms with Gasteiger partial charge in [0.25, 0.3) is 10.0 Å². The van der Waals surface area contributed by atoms with Gasteiger partial charge in [0.05, 0.1) is 10.6 Å². The van der Waals surface area contributed by atoms with Crippen LogP contribution in [-0.4, -0.2) is 36.3 Å². The highest BCUT2D eigenvalue weighted by Crippen LogP contribution is 2.30. The molecule has 38 heavy (non-hydrogen) atoms. The fourth-order valence-electron chi connectivity index (χ4n) is 4.27. The van der Waals surface area contributed by atoms with E-state index in [1.807, 2.05) is 32.9 Å². The third-order valence-electron chi connectivity index (χ3n) is 6.50. The van der Waals surface area contributed by atoms with Crippen LogP contribution in [0.25, 0.3) is 11.1 Å². The predicted octanol–water partition coefficient (Wildman–Crippen LogP) is 4.79. The van der Waals surface area contributed by atoms with Gasteiger partial charge < -0.3 is 15.2 Å². The quantitative estimate of drug-likeness (QED) is 0.339. The third kappa shape index (κ3) is 6.61. The second-order valence-electron chi connectivity index (χ2n) is 9.74. The number of benzene rings is 2. The van der Waals surface area contributed by atoms with Gasteiger partial charge in [-0.1, -0.05) is 74.8 Å². The van der Waals surface area contributed by atoms with Crippen LogP contribution in [0.3, 0.4) is 0 Å². The molecule has 0 saturated heterocycles. The van der Waals surface area contributed by atoms with E-state index >= 15 is 0 Å². The number of nitrogens with one attached hydrogen (secondary N) is 1. The highest BCUT2D eigenvalue weighted by Gasteiger charge is 2.30. The normalized spacial score (nSPS) is 12.4. The van der Waals surface area contributed by atoms with Crippen LogP contribution in [0.15, 0.2) is 57.9 Å². The summed E-state index contributed by atoms with van der Waals surface area (Å²) in [5.41, 5.74) is 8.88. The van der Waals surface area contributed by atoms with Crippen LogP contribution in [0.5, 0.6) is 0 Å². The lowest BCUT2D eigenvalue weighted by molar-refractivity contribution is -0.141. The van der Waals surface area contributed by atoms with E-state index in [-0.39, 0.29) is 29.1 Å². The van der Waals surface area contributed by atoms with E-state index < -0.39 is 22.0 Å². The Hall–Kier alpha value is -3.66. The number of nitrogens with zero attached hydrogens (tertiary/aromatic N) is 2. The molecule has 2 amide bonds. The SMILES string of the molecule is CCCCC(=O)N(Cc1ccc(-c2ccccc2S(=O)(=O)Nc2onc(C)c2C)cc1)C(C(N)=O)C(C)C. The van der Waals surface area contributed by atoms with Crippen molar-refractivity contribution in [1.29, 1.82) is 0 Å². The van der Waals surface area contributed by atoms with Crippen molar-refractivity contribution in [2.45, 2.75) is 71.4 Å². The number of anilines is 1. The molecule has 1 aromatic heterocycles. The molecule has 0 aliphatic rings. The van der Waals surface area contributed by atoms with Crippen molar-refractivity contribution in [3.8, 4) is 11.1 Å². The maximum atomic E-state index is 13.2. The number of unbranched alkanes of at least 4 members (excludes halogenated alkanes) is 1. The van der Waals surface area contributed by atoms with Gasteiger partial charge in [-0.15, -0.1) is 0 Å². The zero-order valence-corrected chi connectivity index (χ0v) is 23.3. The number of carbonyl (C=O) groups excluding carboxylic acids is 2. The number of aromatic nitrogens is 1. The number of rotatable bonds is 12. The molecule has 0 radical (unpaired) electrons. The molecule has 0 bridgehead atoms. The van der Waals surface area contributed by atoms with Gasteiger partial charge in [0.15, 0.2) is 0 Å². The van der Waals surface area contributed by atoms with E-state index in [4.69, 9.17) is 10.3 Å². The molecule has 0 aliphatic carbocycles. The smallest absolute Gasteiger partial charge is 0.264 e. The zero-order chi connectivity index (χ0) is 28.0. The first-order chi connectivity index (χ1) is 18.0. The number of primary amides is 1. The van der Waals surface area contributed by atoms with Crippen molar-refractivity contribution in [1.82, 2.24) is 10.1 Å². The second kappa shape index (κ2) is 12.3. The van der Waals surface area contributed by atoms with Crippen LogP contribution >= 0.6 is 0 Å². The summed E-state index contributed by atoms with van der Waals surface area (Å²) in [5, 5.41) is 3.81. The molecule has 10 heteroatoms. The fourth-order valence-corrected chi connectivity index (χ4v) is 5.55.